The third kappa shape index (κ3) is 2.66. The van der Waals surface area contributed by atoms with Crippen molar-refractivity contribution in [2.45, 2.75) is 19.3 Å². The van der Waals surface area contributed by atoms with Gasteiger partial charge in [-0.3, -0.25) is 9.48 Å². The third-order valence-corrected chi connectivity index (χ3v) is 3.31. The molecule has 0 saturated heterocycles. The van der Waals surface area contributed by atoms with Crippen molar-refractivity contribution in [3.8, 4) is 0 Å². The molecule has 2 rings (SSSR count). The van der Waals surface area contributed by atoms with Gasteiger partial charge in [-0.25, -0.2) is 0 Å². The lowest BCUT2D eigenvalue weighted by Gasteiger charge is -2.01. The summed E-state index contributed by atoms with van der Waals surface area (Å²) in [5.41, 5.74) is 2.21. The standard InChI is InChI=1S/C12H13BrN2O2/c1-15-10-6-5-8(3-2-4-11(16)17)7-9(10)12(13)14-15/h5-7H,2-4H2,1H3,(H,16,17). The second-order valence-electron chi connectivity index (χ2n) is 4.01. The van der Waals surface area contributed by atoms with E-state index in [-0.39, 0.29) is 6.42 Å². The summed E-state index contributed by atoms with van der Waals surface area (Å²) in [6.45, 7) is 0. The van der Waals surface area contributed by atoms with Gasteiger partial charge in [-0.1, -0.05) is 6.07 Å². The minimum atomic E-state index is -0.742. The summed E-state index contributed by atoms with van der Waals surface area (Å²) in [6.07, 6.45) is 1.66. The summed E-state index contributed by atoms with van der Waals surface area (Å²) in [5, 5.41) is 13.9. The van der Waals surface area contributed by atoms with Crippen LogP contribution in [0.1, 0.15) is 18.4 Å². The molecule has 1 heterocycles. The molecular weight excluding hydrogens is 284 g/mol. The van der Waals surface area contributed by atoms with E-state index in [0.717, 1.165) is 27.5 Å². The lowest BCUT2D eigenvalue weighted by molar-refractivity contribution is -0.137. The van der Waals surface area contributed by atoms with Gasteiger partial charge in [0, 0.05) is 18.9 Å². The first-order valence-corrected chi connectivity index (χ1v) is 6.20. The van der Waals surface area contributed by atoms with Crippen molar-refractivity contribution in [1.29, 1.82) is 0 Å². The molecule has 0 aliphatic carbocycles. The van der Waals surface area contributed by atoms with Gasteiger partial charge in [0.1, 0.15) is 4.60 Å². The second-order valence-corrected chi connectivity index (χ2v) is 4.76. The molecule has 0 aliphatic heterocycles. The third-order valence-electron chi connectivity index (χ3n) is 2.73. The molecule has 2 aromatic rings. The van der Waals surface area contributed by atoms with Gasteiger partial charge in [-0.2, -0.15) is 5.10 Å². The number of aliphatic carboxylic acids is 1. The Labute approximate surface area is 107 Å². The van der Waals surface area contributed by atoms with Crippen LogP contribution in [0.15, 0.2) is 22.8 Å². The molecule has 0 aliphatic rings. The van der Waals surface area contributed by atoms with Crippen LogP contribution in [0.5, 0.6) is 0 Å². The Balaban J connectivity index is 2.19. The molecule has 0 fully saturated rings. The van der Waals surface area contributed by atoms with Crippen LogP contribution in [0.25, 0.3) is 10.9 Å². The summed E-state index contributed by atoms with van der Waals surface area (Å²) in [6, 6.07) is 6.11. The number of fused-ring (bicyclic) bond motifs is 1. The van der Waals surface area contributed by atoms with Gasteiger partial charge < -0.3 is 5.11 Å². The first-order valence-electron chi connectivity index (χ1n) is 5.41. The zero-order chi connectivity index (χ0) is 12.4. The Morgan fingerprint density at radius 2 is 2.29 bits per heavy atom. The van der Waals surface area contributed by atoms with Crippen LogP contribution < -0.4 is 0 Å². The molecule has 1 N–H and O–H groups in total. The van der Waals surface area contributed by atoms with E-state index in [1.807, 2.05) is 23.9 Å². The molecule has 1 aromatic heterocycles. The number of benzene rings is 1. The molecule has 1 aromatic carbocycles. The number of carboxylic acid groups (broad SMARTS) is 1. The number of hydrogen-bond acceptors (Lipinski definition) is 2. The number of aryl methyl sites for hydroxylation is 2. The molecule has 0 spiro atoms. The van der Waals surface area contributed by atoms with Crippen LogP contribution >= 0.6 is 15.9 Å². The monoisotopic (exact) mass is 296 g/mol. The topological polar surface area (TPSA) is 55.1 Å². The van der Waals surface area contributed by atoms with E-state index in [4.69, 9.17) is 5.11 Å². The van der Waals surface area contributed by atoms with Gasteiger partial charge in [0.2, 0.25) is 0 Å². The van der Waals surface area contributed by atoms with E-state index < -0.39 is 5.97 Å². The fourth-order valence-electron chi connectivity index (χ4n) is 1.87. The highest BCUT2D eigenvalue weighted by Crippen LogP contribution is 2.24. The maximum atomic E-state index is 10.4. The highest BCUT2D eigenvalue weighted by Gasteiger charge is 2.07. The molecule has 0 bridgehead atoms. The van der Waals surface area contributed by atoms with E-state index in [0.29, 0.717) is 6.42 Å². The molecule has 17 heavy (non-hydrogen) atoms. The summed E-state index contributed by atoms with van der Waals surface area (Å²) in [5.74, 6) is -0.742. The molecular formula is C12H13BrN2O2. The number of hydrogen-bond donors (Lipinski definition) is 1. The predicted molar refractivity (Wildman–Crippen MR) is 69.0 cm³/mol. The van der Waals surface area contributed by atoms with Crippen LogP contribution in [0.4, 0.5) is 0 Å². The zero-order valence-corrected chi connectivity index (χ0v) is 11.1. The number of rotatable bonds is 4. The number of carboxylic acids is 1. The molecule has 0 saturated carbocycles. The van der Waals surface area contributed by atoms with Crippen molar-refractivity contribution in [3.05, 3.63) is 28.4 Å². The van der Waals surface area contributed by atoms with Gasteiger partial charge in [-0.15, -0.1) is 0 Å². The summed E-state index contributed by atoms with van der Waals surface area (Å²) >= 11 is 3.42. The van der Waals surface area contributed by atoms with E-state index in [9.17, 15) is 4.79 Å². The minimum absolute atomic E-state index is 0.215. The van der Waals surface area contributed by atoms with Gasteiger partial charge in [0.15, 0.2) is 0 Å². The number of aromatic nitrogens is 2. The van der Waals surface area contributed by atoms with E-state index >= 15 is 0 Å². The smallest absolute Gasteiger partial charge is 0.303 e. The van der Waals surface area contributed by atoms with Crippen molar-refractivity contribution >= 4 is 32.8 Å². The van der Waals surface area contributed by atoms with Gasteiger partial charge in [0.05, 0.1) is 5.52 Å². The van der Waals surface area contributed by atoms with Gasteiger partial charge >= 0.3 is 5.97 Å². The summed E-state index contributed by atoms with van der Waals surface area (Å²) < 4.78 is 2.65. The zero-order valence-electron chi connectivity index (χ0n) is 9.48. The van der Waals surface area contributed by atoms with Crippen LogP contribution in [0.2, 0.25) is 0 Å². The lowest BCUT2D eigenvalue weighted by Crippen LogP contribution is -1.96. The Bertz CT molecular complexity index is 563. The van der Waals surface area contributed by atoms with Crippen LogP contribution in [0, 0.1) is 0 Å². The van der Waals surface area contributed by atoms with E-state index in [2.05, 4.69) is 27.1 Å². The average Bonchev–Trinajstić information content (AvgIpc) is 2.54. The average molecular weight is 297 g/mol. The summed E-state index contributed by atoms with van der Waals surface area (Å²) in [7, 11) is 1.90. The second kappa shape index (κ2) is 4.87. The predicted octanol–water partition coefficient (Wildman–Crippen LogP) is 2.74. The summed E-state index contributed by atoms with van der Waals surface area (Å²) in [4.78, 5) is 10.4. The van der Waals surface area contributed by atoms with Crippen LogP contribution in [-0.2, 0) is 18.3 Å². The normalized spacial score (nSPS) is 10.9. The molecule has 0 amide bonds. The minimum Gasteiger partial charge on any atom is -0.481 e. The number of nitrogens with zero attached hydrogens (tertiary/aromatic N) is 2. The van der Waals surface area contributed by atoms with E-state index in [1.165, 1.54) is 0 Å². The van der Waals surface area contributed by atoms with Crippen molar-refractivity contribution in [3.63, 3.8) is 0 Å². The highest BCUT2D eigenvalue weighted by atomic mass is 79.9. The first kappa shape index (κ1) is 12.1. The fraction of sp³-hybridized carbons (Fsp3) is 0.333. The first-order chi connectivity index (χ1) is 8.08. The van der Waals surface area contributed by atoms with Crippen molar-refractivity contribution < 1.29 is 9.90 Å². The maximum Gasteiger partial charge on any atom is 0.303 e. The molecule has 0 atom stereocenters. The van der Waals surface area contributed by atoms with Crippen LogP contribution in [0.3, 0.4) is 0 Å². The van der Waals surface area contributed by atoms with Crippen molar-refractivity contribution in [2.75, 3.05) is 0 Å². The quantitative estimate of drug-likeness (QED) is 0.944. The number of carbonyl (C=O) groups is 1. The molecule has 0 unspecified atom stereocenters. The van der Waals surface area contributed by atoms with Crippen molar-refractivity contribution in [1.82, 2.24) is 9.78 Å². The highest BCUT2D eigenvalue weighted by molar-refractivity contribution is 9.10. The number of halogens is 1. The SMILES string of the molecule is Cn1nc(Br)c2cc(CCCC(=O)O)ccc21. The largest absolute Gasteiger partial charge is 0.481 e. The molecule has 90 valence electrons. The van der Waals surface area contributed by atoms with Crippen molar-refractivity contribution in [2.24, 2.45) is 7.05 Å². The van der Waals surface area contributed by atoms with Crippen LogP contribution in [-0.4, -0.2) is 20.9 Å². The Morgan fingerprint density at radius 1 is 1.53 bits per heavy atom. The molecule has 5 heteroatoms. The lowest BCUT2D eigenvalue weighted by atomic mass is 10.1. The fourth-order valence-corrected chi connectivity index (χ4v) is 2.42. The maximum absolute atomic E-state index is 10.4. The van der Waals surface area contributed by atoms with Gasteiger partial charge in [0.25, 0.3) is 0 Å². The molecule has 4 nitrogen and oxygen atoms in total. The molecule has 0 radical (unpaired) electrons. The van der Waals surface area contributed by atoms with Gasteiger partial charge in [-0.05, 0) is 46.5 Å². The van der Waals surface area contributed by atoms with E-state index in [1.54, 1.807) is 0 Å². The Morgan fingerprint density at radius 3 is 3.00 bits per heavy atom. The Kier molecular flexibility index (Phi) is 3.47. The Hall–Kier alpha value is -1.36.